The van der Waals surface area contributed by atoms with Crippen molar-refractivity contribution in [3.63, 3.8) is 0 Å². The van der Waals surface area contributed by atoms with Gasteiger partial charge in [-0.1, -0.05) is 36.4 Å². The quantitative estimate of drug-likeness (QED) is 0.659. The van der Waals surface area contributed by atoms with E-state index in [1.54, 1.807) is 12.1 Å². The van der Waals surface area contributed by atoms with Crippen molar-refractivity contribution in [1.29, 1.82) is 0 Å². The van der Waals surface area contributed by atoms with Crippen LogP contribution in [0.3, 0.4) is 0 Å². The van der Waals surface area contributed by atoms with Gasteiger partial charge < -0.3 is 0 Å². The highest BCUT2D eigenvalue weighted by Gasteiger charge is 2.18. The highest BCUT2D eigenvalue weighted by Crippen LogP contribution is 2.26. The van der Waals surface area contributed by atoms with Crippen molar-refractivity contribution in [2.45, 2.75) is 26.7 Å². The molecule has 1 aliphatic carbocycles. The molecule has 2 rings (SSSR count). The molecule has 0 spiro atoms. The van der Waals surface area contributed by atoms with E-state index in [2.05, 4.69) is 23.2 Å². The Labute approximate surface area is 120 Å². The van der Waals surface area contributed by atoms with Crippen molar-refractivity contribution >= 4 is 11.6 Å². The van der Waals surface area contributed by atoms with Crippen LogP contribution in [0.25, 0.3) is 0 Å². The monoisotopic (exact) mass is 268 g/mol. The molecule has 20 heavy (non-hydrogen) atoms. The number of rotatable bonds is 3. The van der Waals surface area contributed by atoms with E-state index in [4.69, 9.17) is 0 Å². The fourth-order valence-corrected chi connectivity index (χ4v) is 2.20. The van der Waals surface area contributed by atoms with Gasteiger partial charge in [0, 0.05) is 5.56 Å². The molecule has 104 valence electrons. The molecule has 1 N–H and O–H groups in total. The fourth-order valence-electron chi connectivity index (χ4n) is 2.20. The molecule has 1 atom stereocenters. The first-order valence-electron chi connectivity index (χ1n) is 6.82. The second-order valence-electron chi connectivity index (χ2n) is 5.24. The minimum Gasteiger partial charge on any atom is -0.267 e. The first-order valence-corrected chi connectivity index (χ1v) is 6.82. The van der Waals surface area contributed by atoms with Crippen LogP contribution in [0.1, 0.15) is 37.0 Å². The maximum Gasteiger partial charge on any atom is 0.271 e. The molecule has 0 bridgehead atoms. The van der Waals surface area contributed by atoms with Crippen LogP contribution >= 0.6 is 0 Å². The molecule has 1 aromatic carbocycles. The van der Waals surface area contributed by atoms with E-state index in [1.807, 2.05) is 32.0 Å². The Balaban J connectivity index is 2.07. The molecule has 1 amide bonds. The summed E-state index contributed by atoms with van der Waals surface area (Å²) in [6.45, 7) is 8.08. The van der Waals surface area contributed by atoms with Gasteiger partial charge >= 0.3 is 0 Å². The molecule has 0 saturated carbocycles. The van der Waals surface area contributed by atoms with Crippen molar-refractivity contribution in [1.82, 2.24) is 5.43 Å². The van der Waals surface area contributed by atoms with E-state index in [1.165, 1.54) is 0 Å². The highest BCUT2D eigenvalue weighted by molar-refractivity contribution is 6.02. The summed E-state index contributed by atoms with van der Waals surface area (Å²) < 4.78 is 0. The van der Waals surface area contributed by atoms with Crippen molar-refractivity contribution in [2.75, 3.05) is 0 Å². The summed E-state index contributed by atoms with van der Waals surface area (Å²) in [7, 11) is 0. The third-order valence-electron chi connectivity index (χ3n) is 3.63. The van der Waals surface area contributed by atoms with Crippen LogP contribution in [0.2, 0.25) is 0 Å². The van der Waals surface area contributed by atoms with Crippen LogP contribution in [-0.2, 0) is 0 Å². The lowest BCUT2D eigenvalue weighted by Crippen LogP contribution is -2.23. The predicted octanol–water partition coefficient (Wildman–Crippen LogP) is 3.70. The number of hydrogen-bond donors (Lipinski definition) is 1. The SMILES string of the molecule is C=C(C)[C@@H]1CC=C(C)/C(=N\NC(=O)c2ccccc2)C1. The summed E-state index contributed by atoms with van der Waals surface area (Å²) in [5.74, 6) is 0.245. The Kier molecular flexibility index (Phi) is 4.51. The van der Waals surface area contributed by atoms with Gasteiger partial charge in [-0.25, -0.2) is 5.43 Å². The number of nitrogens with one attached hydrogen (secondary N) is 1. The van der Waals surface area contributed by atoms with Gasteiger partial charge in [-0.15, -0.1) is 0 Å². The normalized spacial score (nSPS) is 20.4. The summed E-state index contributed by atoms with van der Waals surface area (Å²) in [6.07, 6.45) is 4.01. The standard InChI is InChI=1S/C17H20N2O/c1-12(2)15-10-9-13(3)16(11-15)18-19-17(20)14-7-5-4-6-8-14/h4-9,15H,1,10-11H2,2-3H3,(H,19,20)/b18-16-/t15-/m1/s1. The molecule has 0 heterocycles. The van der Waals surface area contributed by atoms with Gasteiger partial charge in [0.2, 0.25) is 0 Å². The Morgan fingerprint density at radius 2 is 2.05 bits per heavy atom. The zero-order valence-electron chi connectivity index (χ0n) is 12.0. The van der Waals surface area contributed by atoms with E-state index in [0.29, 0.717) is 11.5 Å². The molecule has 0 unspecified atom stereocenters. The molecular formula is C17H20N2O. The number of nitrogens with zero attached hydrogens (tertiary/aromatic N) is 1. The first kappa shape index (κ1) is 14.3. The van der Waals surface area contributed by atoms with Crippen molar-refractivity contribution in [3.05, 3.63) is 59.7 Å². The van der Waals surface area contributed by atoms with Crippen molar-refractivity contribution in [2.24, 2.45) is 11.0 Å². The third kappa shape index (κ3) is 3.44. The van der Waals surface area contributed by atoms with E-state index in [-0.39, 0.29) is 5.91 Å². The minimum atomic E-state index is -0.177. The lowest BCUT2D eigenvalue weighted by atomic mass is 9.85. The molecule has 0 aromatic heterocycles. The molecule has 0 aliphatic heterocycles. The average molecular weight is 268 g/mol. The number of amides is 1. The summed E-state index contributed by atoms with van der Waals surface area (Å²) in [5.41, 5.74) is 6.49. The lowest BCUT2D eigenvalue weighted by Gasteiger charge is -2.22. The zero-order valence-corrected chi connectivity index (χ0v) is 12.0. The summed E-state index contributed by atoms with van der Waals surface area (Å²) in [5, 5.41) is 4.28. The van der Waals surface area contributed by atoms with Crippen LogP contribution in [0.15, 0.2) is 59.2 Å². The van der Waals surface area contributed by atoms with Crippen LogP contribution in [-0.4, -0.2) is 11.6 Å². The van der Waals surface area contributed by atoms with Gasteiger partial charge in [-0.05, 0) is 50.3 Å². The second kappa shape index (κ2) is 6.33. The van der Waals surface area contributed by atoms with Gasteiger partial charge in [0.1, 0.15) is 0 Å². The molecule has 0 fully saturated rings. The van der Waals surface area contributed by atoms with Gasteiger partial charge in [0.15, 0.2) is 0 Å². The number of allylic oxidation sites excluding steroid dienone is 3. The smallest absolute Gasteiger partial charge is 0.267 e. The number of carbonyl (C=O) groups excluding carboxylic acids is 1. The zero-order chi connectivity index (χ0) is 14.5. The van der Waals surface area contributed by atoms with Crippen molar-refractivity contribution < 1.29 is 4.79 Å². The predicted molar refractivity (Wildman–Crippen MR) is 82.6 cm³/mol. The molecule has 0 saturated heterocycles. The topological polar surface area (TPSA) is 41.5 Å². The fraction of sp³-hybridized carbons (Fsp3) is 0.294. The van der Waals surface area contributed by atoms with E-state index >= 15 is 0 Å². The minimum absolute atomic E-state index is 0.177. The molecule has 3 heteroatoms. The Hall–Kier alpha value is -2.16. The van der Waals surface area contributed by atoms with Gasteiger partial charge in [-0.2, -0.15) is 5.10 Å². The summed E-state index contributed by atoms with van der Waals surface area (Å²) in [4.78, 5) is 12.0. The molecule has 1 aromatic rings. The third-order valence-corrected chi connectivity index (χ3v) is 3.63. The van der Waals surface area contributed by atoms with Crippen LogP contribution in [0.5, 0.6) is 0 Å². The van der Waals surface area contributed by atoms with Gasteiger partial charge in [0.25, 0.3) is 5.91 Å². The van der Waals surface area contributed by atoms with E-state index in [0.717, 1.165) is 29.7 Å². The second-order valence-corrected chi connectivity index (χ2v) is 5.24. The van der Waals surface area contributed by atoms with Gasteiger partial charge in [0.05, 0.1) is 5.71 Å². The largest absolute Gasteiger partial charge is 0.271 e. The maximum atomic E-state index is 12.0. The first-order chi connectivity index (χ1) is 9.58. The number of hydrogen-bond acceptors (Lipinski definition) is 2. The van der Waals surface area contributed by atoms with E-state index < -0.39 is 0 Å². The Morgan fingerprint density at radius 3 is 2.70 bits per heavy atom. The summed E-state index contributed by atoms with van der Waals surface area (Å²) in [6, 6.07) is 9.11. The van der Waals surface area contributed by atoms with Crippen molar-refractivity contribution in [3.8, 4) is 0 Å². The maximum absolute atomic E-state index is 12.0. The van der Waals surface area contributed by atoms with Gasteiger partial charge in [-0.3, -0.25) is 4.79 Å². The van der Waals surface area contributed by atoms with Crippen LogP contribution in [0.4, 0.5) is 0 Å². The molecule has 0 radical (unpaired) electrons. The molecular weight excluding hydrogens is 248 g/mol. The number of hydrazone groups is 1. The average Bonchev–Trinajstić information content (AvgIpc) is 2.46. The number of carbonyl (C=O) groups is 1. The lowest BCUT2D eigenvalue weighted by molar-refractivity contribution is 0.0954. The number of benzene rings is 1. The Bertz CT molecular complexity index is 570. The van der Waals surface area contributed by atoms with Crippen LogP contribution < -0.4 is 5.43 Å². The molecule has 3 nitrogen and oxygen atoms in total. The van der Waals surface area contributed by atoms with E-state index in [9.17, 15) is 4.79 Å². The Morgan fingerprint density at radius 1 is 1.35 bits per heavy atom. The highest BCUT2D eigenvalue weighted by atomic mass is 16.2. The summed E-state index contributed by atoms with van der Waals surface area (Å²) >= 11 is 0. The molecule has 1 aliphatic rings. The van der Waals surface area contributed by atoms with Crippen LogP contribution in [0, 0.1) is 5.92 Å².